The molecule has 0 aliphatic carbocycles. The van der Waals surface area contributed by atoms with Crippen LogP contribution in [0.4, 0.5) is 16.5 Å². The van der Waals surface area contributed by atoms with Crippen LogP contribution < -0.4 is 10.6 Å². The largest absolute Gasteiger partial charge is 0.332 e. The summed E-state index contributed by atoms with van der Waals surface area (Å²) in [6.45, 7) is 0. The van der Waals surface area contributed by atoms with Crippen LogP contribution in [0, 0.1) is 0 Å². The Balaban J connectivity index is 1.35. The van der Waals surface area contributed by atoms with Crippen LogP contribution in [0.2, 0.25) is 0 Å². The summed E-state index contributed by atoms with van der Waals surface area (Å²) in [6, 6.07) is 19.2. The number of benzene rings is 2. The van der Waals surface area contributed by atoms with Crippen molar-refractivity contribution in [1.29, 1.82) is 0 Å². The number of nitrogens with zero attached hydrogens (tertiary/aromatic N) is 2. The normalized spacial score (nSPS) is 10.5. The molecule has 0 bridgehead atoms. The van der Waals surface area contributed by atoms with Crippen LogP contribution in [0.15, 0.2) is 82.9 Å². The minimum atomic E-state index is -0.0463. The Labute approximate surface area is 181 Å². The zero-order chi connectivity index (χ0) is 20.1. The Bertz CT molecular complexity index is 1100. The van der Waals surface area contributed by atoms with E-state index in [-0.39, 0.29) is 5.91 Å². The van der Waals surface area contributed by atoms with E-state index in [1.165, 1.54) is 0 Å². The van der Waals surface area contributed by atoms with Gasteiger partial charge in [0.05, 0.1) is 12.1 Å². The SMILES string of the molecule is O=C(Cc1ccc(Br)cc1)Nc1ccc(Nc2nc(-c3ccncc3)cs2)cc1. The first-order valence-corrected chi connectivity index (χ1v) is 10.6. The maximum Gasteiger partial charge on any atom is 0.228 e. The number of carbonyl (C=O) groups is 1. The van der Waals surface area contributed by atoms with Gasteiger partial charge >= 0.3 is 0 Å². The van der Waals surface area contributed by atoms with E-state index in [2.05, 4.69) is 36.5 Å². The number of carbonyl (C=O) groups excluding carboxylic acids is 1. The van der Waals surface area contributed by atoms with Gasteiger partial charge in [0.2, 0.25) is 5.91 Å². The van der Waals surface area contributed by atoms with Gasteiger partial charge in [-0.15, -0.1) is 11.3 Å². The van der Waals surface area contributed by atoms with Gasteiger partial charge in [-0.05, 0) is 54.1 Å². The van der Waals surface area contributed by atoms with Crippen LogP contribution in [-0.4, -0.2) is 15.9 Å². The fraction of sp³-hybridized carbons (Fsp3) is 0.0455. The molecule has 29 heavy (non-hydrogen) atoms. The lowest BCUT2D eigenvalue weighted by Crippen LogP contribution is -2.14. The van der Waals surface area contributed by atoms with Crippen LogP contribution in [0.3, 0.4) is 0 Å². The molecule has 0 aliphatic heterocycles. The van der Waals surface area contributed by atoms with Crippen molar-refractivity contribution < 1.29 is 4.79 Å². The van der Waals surface area contributed by atoms with E-state index in [9.17, 15) is 4.79 Å². The zero-order valence-electron chi connectivity index (χ0n) is 15.3. The molecule has 4 rings (SSSR count). The molecule has 0 unspecified atom stereocenters. The van der Waals surface area contributed by atoms with Gasteiger partial charge < -0.3 is 10.6 Å². The van der Waals surface area contributed by atoms with Crippen LogP contribution in [-0.2, 0) is 11.2 Å². The van der Waals surface area contributed by atoms with E-state index >= 15 is 0 Å². The number of thiazole rings is 1. The Morgan fingerprint density at radius 3 is 2.34 bits per heavy atom. The standard InChI is InChI=1S/C22H17BrN4OS/c23-17-3-1-15(2-4-17)13-21(28)25-18-5-7-19(8-6-18)26-22-27-20(14-29-22)16-9-11-24-12-10-16/h1-12,14H,13H2,(H,25,28)(H,26,27). The highest BCUT2D eigenvalue weighted by Gasteiger charge is 2.06. The quantitative estimate of drug-likeness (QED) is 0.373. The second-order valence-electron chi connectivity index (χ2n) is 6.33. The molecule has 2 N–H and O–H groups in total. The predicted molar refractivity (Wildman–Crippen MR) is 122 cm³/mol. The molecule has 144 valence electrons. The van der Waals surface area contributed by atoms with Crippen molar-refractivity contribution in [2.75, 3.05) is 10.6 Å². The van der Waals surface area contributed by atoms with Crippen molar-refractivity contribution in [2.45, 2.75) is 6.42 Å². The summed E-state index contributed by atoms with van der Waals surface area (Å²) < 4.78 is 0.998. The lowest BCUT2D eigenvalue weighted by Gasteiger charge is -2.07. The maximum absolute atomic E-state index is 12.2. The van der Waals surface area contributed by atoms with Crippen molar-refractivity contribution in [1.82, 2.24) is 9.97 Å². The molecule has 0 saturated heterocycles. The molecule has 7 heteroatoms. The summed E-state index contributed by atoms with van der Waals surface area (Å²) in [5, 5.41) is 9.04. The highest BCUT2D eigenvalue weighted by Crippen LogP contribution is 2.27. The summed E-state index contributed by atoms with van der Waals surface area (Å²) in [7, 11) is 0. The summed E-state index contributed by atoms with van der Waals surface area (Å²) in [5.41, 5.74) is 4.59. The van der Waals surface area contributed by atoms with E-state index in [1.807, 2.05) is 66.0 Å². The number of amides is 1. The first-order chi connectivity index (χ1) is 14.2. The average Bonchev–Trinajstić information content (AvgIpc) is 3.20. The first-order valence-electron chi connectivity index (χ1n) is 8.93. The molecule has 4 aromatic rings. The smallest absolute Gasteiger partial charge is 0.228 e. The summed E-state index contributed by atoms with van der Waals surface area (Å²) >= 11 is 4.94. The van der Waals surface area contributed by atoms with Gasteiger partial charge in [-0.2, -0.15) is 0 Å². The molecule has 0 fully saturated rings. The third kappa shape index (κ3) is 5.28. The molecule has 2 aromatic carbocycles. The van der Waals surface area contributed by atoms with Gasteiger partial charge in [0.25, 0.3) is 0 Å². The Morgan fingerprint density at radius 1 is 0.931 bits per heavy atom. The second kappa shape index (κ2) is 8.98. The van der Waals surface area contributed by atoms with Gasteiger partial charge in [-0.25, -0.2) is 4.98 Å². The van der Waals surface area contributed by atoms with E-state index in [0.717, 1.165) is 37.8 Å². The fourth-order valence-corrected chi connectivity index (χ4v) is 3.74. The monoisotopic (exact) mass is 464 g/mol. The molecule has 2 heterocycles. The van der Waals surface area contributed by atoms with Gasteiger partial charge in [-0.3, -0.25) is 9.78 Å². The topological polar surface area (TPSA) is 66.9 Å². The molecule has 5 nitrogen and oxygen atoms in total. The zero-order valence-corrected chi connectivity index (χ0v) is 17.7. The van der Waals surface area contributed by atoms with Gasteiger partial charge in [0.15, 0.2) is 5.13 Å². The molecular formula is C22H17BrN4OS. The van der Waals surface area contributed by atoms with E-state index in [4.69, 9.17) is 0 Å². The first kappa shape index (κ1) is 19.3. The van der Waals surface area contributed by atoms with E-state index in [1.54, 1.807) is 23.7 Å². The van der Waals surface area contributed by atoms with Crippen LogP contribution in [0.5, 0.6) is 0 Å². The number of pyridine rings is 1. The molecule has 0 radical (unpaired) electrons. The second-order valence-corrected chi connectivity index (χ2v) is 8.10. The molecule has 0 spiro atoms. The maximum atomic E-state index is 12.2. The van der Waals surface area contributed by atoms with Crippen LogP contribution >= 0.6 is 27.3 Å². The van der Waals surface area contributed by atoms with Crippen molar-refractivity contribution in [3.05, 3.63) is 88.5 Å². The highest BCUT2D eigenvalue weighted by molar-refractivity contribution is 9.10. The van der Waals surface area contributed by atoms with Crippen molar-refractivity contribution in [3.8, 4) is 11.3 Å². The summed E-state index contributed by atoms with van der Waals surface area (Å²) in [6.07, 6.45) is 3.85. The molecule has 2 aromatic heterocycles. The Kier molecular flexibility index (Phi) is 5.97. The average molecular weight is 465 g/mol. The molecule has 0 aliphatic rings. The van der Waals surface area contributed by atoms with E-state index < -0.39 is 0 Å². The minimum Gasteiger partial charge on any atom is -0.332 e. The minimum absolute atomic E-state index is 0.0463. The lowest BCUT2D eigenvalue weighted by molar-refractivity contribution is -0.115. The van der Waals surface area contributed by atoms with Gasteiger partial charge in [0.1, 0.15) is 0 Å². The van der Waals surface area contributed by atoms with Gasteiger partial charge in [-0.1, -0.05) is 28.1 Å². The van der Waals surface area contributed by atoms with Gasteiger partial charge in [0, 0.05) is 39.2 Å². The van der Waals surface area contributed by atoms with Crippen molar-refractivity contribution >= 4 is 49.7 Å². The Morgan fingerprint density at radius 2 is 1.62 bits per heavy atom. The fourth-order valence-electron chi connectivity index (χ4n) is 2.74. The number of halogens is 1. The third-order valence-electron chi connectivity index (χ3n) is 4.18. The molecule has 0 saturated carbocycles. The molecule has 1 amide bonds. The van der Waals surface area contributed by atoms with Crippen molar-refractivity contribution in [3.63, 3.8) is 0 Å². The number of hydrogen-bond donors (Lipinski definition) is 2. The Hall–Kier alpha value is -3.03. The number of rotatable bonds is 6. The van der Waals surface area contributed by atoms with E-state index in [0.29, 0.717) is 6.42 Å². The van der Waals surface area contributed by atoms with Crippen LogP contribution in [0.1, 0.15) is 5.56 Å². The van der Waals surface area contributed by atoms with Crippen LogP contribution in [0.25, 0.3) is 11.3 Å². The van der Waals surface area contributed by atoms with Crippen molar-refractivity contribution in [2.24, 2.45) is 0 Å². The number of anilines is 3. The highest BCUT2D eigenvalue weighted by atomic mass is 79.9. The lowest BCUT2D eigenvalue weighted by atomic mass is 10.1. The molecule has 0 atom stereocenters. The predicted octanol–water partition coefficient (Wildman–Crippen LogP) is 5.89. The number of aromatic nitrogens is 2. The molecular weight excluding hydrogens is 448 g/mol. The summed E-state index contributed by atoms with van der Waals surface area (Å²) in [5.74, 6) is -0.0463. The third-order valence-corrected chi connectivity index (χ3v) is 5.46. The number of nitrogens with one attached hydrogen (secondary N) is 2. The summed E-state index contributed by atoms with van der Waals surface area (Å²) in [4.78, 5) is 20.9. The number of hydrogen-bond acceptors (Lipinski definition) is 5.